The molecule has 7 nitrogen and oxygen atoms in total. The van der Waals surface area contributed by atoms with E-state index >= 15 is 0 Å². The first-order valence-electron chi connectivity index (χ1n) is 11.1. The topological polar surface area (TPSA) is 67.0 Å². The predicted octanol–water partition coefficient (Wildman–Crippen LogP) is 5.21. The molecule has 0 fully saturated rings. The lowest BCUT2D eigenvalue weighted by atomic mass is 10.1. The highest BCUT2D eigenvalue weighted by Crippen LogP contribution is 2.33. The van der Waals surface area contributed by atoms with Crippen LogP contribution in [0.4, 0.5) is 4.39 Å². The molecule has 0 unspecified atom stereocenters. The van der Waals surface area contributed by atoms with Crippen molar-refractivity contribution >= 4 is 0 Å². The van der Waals surface area contributed by atoms with Crippen molar-refractivity contribution in [3.63, 3.8) is 0 Å². The van der Waals surface area contributed by atoms with Crippen LogP contribution in [-0.4, -0.2) is 31.9 Å². The maximum Gasteiger partial charge on any atom is 0.166 e. The van der Waals surface area contributed by atoms with Gasteiger partial charge in [-0.2, -0.15) is 5.10 Å². The molecular weight excluding hydrogens is 445 g/mol. The molecule has 5 aromatic rings. The number of hydrogen-bond acceptors (Lipinski definition) is 5. The zero-order chi connectivity index (χ0) is 24.2. The van der Waals surface area contributed by atoms with E-state index in [1.54, 1.807) is 34.8 Å². The standard InChI is InChI=1S/C27H24FN5O2/c1-19-3-7-21(8-4-19)27-26(15-29-33(27)24-11-9-22(28)10-12-24)35-18-23-17-32(31-30-23)16-20-5-13-25(34-2)14-6-20/h3-15,17H,16,18H2,1-2H3. The van der Waals surface area contributed by atoms with E-state index in [-0.39, 0.29) is 12.4 Å². The van der Waals surface area contributed by atoms with Gasteiger partial charge in [0.1, 0.15) is 29.6 Å². The first kappa shape index (κ1) is 22.3. The number of methoxy groups -OCH3 is 1. The summed E-state index contributed by atoms with van der Waals surface area (Å²) in [7, 11) is 1.65. The van der Waals surface area contributed by atoms with Crippen LogP contribution >= 0.6 is 0 Å². The smallest absolute Gasteiger partial charge is 0.166 e. The van der Waals surface area contributed by atoms with E-state index in [9.17, 15) is 4.39 Å². The van der Waals surface area contributed by atoms with Crippen molar-refractivity contribution in [2.75, 3.05) is 7.11 Å². The average molecular weight is 470 g/mol. The lowest BCUT2D eigenvalue weighted by Crippen LogP contribution is -2.01. The molecule has 0 saturated heterocycles. The Morgan fingerprint density at radius 3 is 2.37 bits per heavy atom. The van der Waals surface area contributed by atoms with Gasteiger partial charge in [0, 0.05) is 5.56 Å². The maximum absolute atomic E-state index is 13.5. The summed E-state index contributed by atoms with van der Waals surface area (Å²) in [6, 6.07) is 22.1. The summed E-state index contributed by atoms with van der Waals surface area (Å²) in [5, 5.41) is 13.0. The van der Waals surface area contributed by atoms with Crippen molar-refractivity contribution in [3.05, 3.63) is 108 Å². The third-order valence-corrected chi connectivity index (χ3v) is 5.60. The van der Waals surface area contributed by atoms with Crippen molar-refractivity contribution in [1.29, 1.82) is 0 Å². The Morgan fingerprint density at radius 2 is 1.66 bits per heavy atom. The van der Waals surface area contributed by atoms with Gasteiger partial charge in [-0.25, -0.2) is 13.8 Å². The van der Waals surface area contributed by atoms with Gasteiger partial charge in [0.2, 0.25) is 0 Å². The zero-order valence-corrected chi connectivity index (χ0v) is 19.4. The van der Waals surface area contributed by atoms with Crippen LogP contribution in [0.3, 0.4) is 0 Å². The second-order valence-corrected chi connectivity index (χ2v) is 8.16. The summed E-state index contributed by atoms with van der Waals surface area (Å²) in [5.74, 6) is 1.11. The molecule has 0 N–H and O–H groups in total. The van der Waals surface area contributed by atoms with Gasteiger partial charge in [-0.1, -0.05) is 47.2 Å². The molecular formula is C27H24FN5O2. The second kappa shape index (κ2) is 9.80. The van der Waals surface area contributed by atoms with Crippen LogP contribution in [0.15, 0.2) is 85.2 Å². The minimum absolute atomic E-state index is 0.233. The third kappa shape index (κ3) is 5.06. The van der Waals surface area contributed by atoms with Crippen LogP contribution in [0, 0.1) is 12.7 Å². The first-order chi connectivity index (χ1) is 17.1. The minimum Gasteiger partial charge on any atom is -0.497 e. The van der Waals surface area contributed by atoms with E-state index in [0.717, 1.165) is 33.8 Å². The Bertz CT molecular complexity index is 1410. The number of ether oxygens (including phenoxy) is 2. The molecule has 5 rings (SSSR count). The van der Waals surface area contributed by atoms with Crippen LogP contribution in [0.2, 0.25) is 0 Å². The highest BCUT2D eigenvalue weighted by Gasteiger charge is 2.17. The van der Waals surface area contributed by atoms with Gasteiger partial charge < -0.3 is 9.47 Å². The van der Waals surface area contributed by atoms with Gasteiger partial charge in [-0.3, -0.25) is 0 Å². The number of rotatable bonds is 8. The summed E-state index contributed by atoms with van der Waals surface area (Å²) >= 11 is 0. The Balaban J connectivity index is 1.36. The molecule has 0 aliphatic carbocycles. The second-order valence-electron chi connectivity index (χ2n) is 8.16. The van der Waals surface area contributed by atoms with E-state index < -0.39 is 0 Å². The fourth-order valence-corrected chi connectivity index (χ4v) is 3.74. The van der Waals surface area contributed by atoms with Crippen LogP contribution in [0.5, 0.6) is 11.5 Å². The van der Waals surface area contributed by atoms with Crippen molar-refractivity contribution in [2.45, 2.75) is 20.1 Å². The molecule has 0 atom stereocenters. The number of hydrogen-bond donors (Lipinski definition) is 0. The average Bonchev–Trinajstić information content (AvgIpc) is 3.51. The lowest BCUT2D eigenvalue weighted by Gasteiger charge is -2.11. The Labute approximate surface area is 202 Å². The summed E-state index contributed by atoms with van der Waals surface area (Å²) < 4.78 is 28.3. The third-order valence-electron chi connectivity index (χ3n) is 5.60. The molecule has 0 aliphatic heterocycles. The fourth-order valence-electron chi connectivity index (χ4n) is 3.74. The number of aryl methyl sites for hydroxylation is 1. The SMILES string of the molecule is COc1ccc(Cn2cc(COc3cnn(-c4ccc(F)cc4)c3-c3ccc(C)cc3)nn2)cc1. The Morgan fingerprint density at radius 1 is 0.914 bits per heavy atom. The van der Waals surface area contributed by atoms with Gasteiger partial charge in [-0.05, 0) is 48.9 Å². The molecule has 8 heteroatoms. The molecule has 35 heavy (non-hydrogen) atoms. The molecule has 0 spiro atoms. The van der Waals surface area contributed by atoms with Crippen LogP contribution in [0.25, 0.3) is 16.9 Å². The summed E-state index contributed by atoms with van der Waals surface area (Å²) in [6.07, 6.45) is 3.53. The first-order valence-corrected chi connectivity index (χ1v) is 11.1. The van der Waals surface area contributed by atoms with Gasteiger partial charge in [0.15, 0.2) is 5.75 Å². The predicted molar refractivity (Wildman–Crippen MR) is 130 cm³/mol. The van der Waals surface area contributed by atoms with Crippen molar-refractivity contribution in [2.24, 2.45) is 0 Å². The maximum atomic E-state index is 13.5. The van der Waals surface area contributed by atoms with E-state index in [2.05, 4.69) is 15.4 Å². The van der Waals surface area contributed by atoms with Crippen molar-refractivity contribution in [3.8, 4) is 28.4 Å². The highest BCUT2D eigenvalue weighted by molar-refractivity contribution is 5.69. The molecule has 176 valence electrons. The normalized spacial score (nSPS) is 10.9. The minimum atomic E-state index is -0.299. The summed E-state index contributed by atoms with van der Waals surface area (Å²) in [4.78, 5) is 0. The molecule has 2 aromatic heterocycles. The summed E-state index contributed by atoms with van der Waals surface area (Å²) in [6.45, 7) is 2.86. The van der Waals surface area contributed by atoms with Gasteiger partial charge in [0.05, 0.1) is 31.7 Å². The van der Waals surface area contributed by atoms with Gasteiger partial charge in [-0.15, -0.1) is 5.10 Å². The van der Waals surface area contributed by atoms with Crippen molar-refractivity contribution in [1.82, 2.24) is 24.8 Å². The molecule has 0 bridgehead atoms. The molecule has 3 aromatic carbocycles. The monoisotopic (exact) mass is 469 g/mol. The zero-order valence-electron chi connectivity index (χ0n) is 19.4. The van der Waals surface area contributed by atoms with E-state index in [1.807, 2.05) is 61.7 Å². The largest absolute Gasteiger partial charge is 0.497 e. The lowest BCUT2D eigenvalue weighted by molar-refractivity contribution is 0.302. The molecule has 0 aliphatic rings. The van der Waals surface area contributed by atoms with E-state index in [4.69, 9.17) is 9.47 Å². The number of halogens is 1. The van der Waals surface area contributed by atoms with Gasteiger partial charge in [0.25, 0.3) is 0 Å². The summed E-state index contributed by atoms with van der Waals surface area (Å²) in [5.41, 5.74) is 5.39. The number of nitrogens with zero attached hydrogens (tertiary/aromatic N) is 5. The van der Waals surface area contributed by atoms with Crippen LogP contribution in [0.1, 0.15) is 16.8 Å². The Hall–Kier alpha value is -4.46. The van der Waals surface area contributed by atoms with Crippen LogP contribution < -0.4 is 9.47 Å². The Kier molecular flexibility index (Phi) is 6.26. The van der Waals surface area contributed by atoms with E-state index in [1.165, 1.54) is 12.1 Å². The molecule has 0 saturated carbocycles. The van der Waals surface area contributed by atoms with Gasteiger partial charge >= 0.3 is 0 Å². The molecule has 0 amide bonds. The van der Waals surface area contributed by atoms with E-state index in [0.29, 0.717) is 18.0 Å². The highest BCUT2D eigenvalue weighted by atomic mass is 19.1. The molecule has 0 radical (unpaired) electrons. The fraction of sp³-hybridized carbons (Fsp3) is 0.148. The van der Waals surface area contributed by atoms with Crippen molar-refractivity contribution < 1.29 is 13.9 Å². The number of benzene rings is 3. The molecule has 2 heterocycles. The quantitative estimate of drug-likeness (QED) is 0.312. The van der Waals surface area contributed by atoms with Crippen LogP contribution in [-0.2, 0) is 13.2 Å². The number of aromatic nitrogens is 5.